The highest BCUT2D eigenvalue weighted by molar-refractivity contribution is 5.77. The summed E-state index contributed by atoms with van der Waals surface area (Å²) in [5.74, 6) is 2.31. The van der Waals surface area contributed by atoms with E-state index in [1.807, 2.05) is 23.6 Å². The van der Waals surface area contributed by atoms with Gasteiger partial charge in [0.25, 0.3) is 0 Å². The minimum Gasteiger partial charge on any atom is -0.371 e. The lowest BCUT2D eigenvalue weighted by Crippen LogP contribution is -2.70. The lowest BCUT2D eigenvalue weighted by molar-refractivity contribution is -0.796. The van der Waals surface area contributed by atoms with Crippen LogP contribution in [0.1, 0.15) is 44.1 Å². The van der Waals surface area contributed by atoms with Crippen molar-refractivity contribution in [2.45, 2.75) is 51.0 Å². The van der Waals surface area contributed by atoms with Crippen molar-refractivity contribution in [3.8, 4) is 0 Å². The third kappa shape index (κ3) is 1.68. The van der Waals surface area contributed by atoms with E-state index in [9.17, 15) is 4.79 Å². The van der Waals surface area contributed by atoms with Gasteiger partial charge < -0.3 is 4.42 Å². The molecule has 0 N–H and O–H groups in total. The molecular formula is C19H22NO2+. The van der Waals surface area contributed by atoms with Crippen molar-refractivity contribution >= 4 is 11.0 Å². The van der Waals surface area contributed by atoms with Gasteiger partial charge in [-0.25, -0.2) is 0 Å². The molecule has 4 aliphatic rings. The van der Waals surface area contributed by atoms with Gasteiger partial charge in [-0.1, -0.05) is 12.1 Å². The number of para-hydroxylation sites is 1. The second kappa shape index (κ2) is 4.21. The van der Waals surface area contributed by atoms with Gasteiger partial charge in [0.15, 0.2) is 17.3 Å². The summed E-state index contributed by atoms with van der Waals surface area (Å²) < 4.78 is 7.69. The molecule has 0 amide bonds. The Morgan fingerprint density at radius 3 is 2.36 bits per heavy atom. The zero-order valence-electron chi connectivity index (χ0n) is 13.0. The number of hydrogen-bond acceptors (Lipinski definition) is 2. The smallest absolute Gasteiger partial charge is 0.371 e. The number of aryl methyl sites for hydroxylation is 1. The monoisotopic (exact) mass is 296 g/mol. The molecule has 22 heavy (non-hydrogen) atoms. The third-order valence-corrected chi connectivity index (χ3v) is 6.41. The number of hydrogen-bond donors (Lipinski definition) is 0. The van der Waals surface area contributed by atoms with Crippen LogP contribution in [-0.2, 0) is 5.54 Å². The molecule has 4 aliphatic carbocycles. The summed E-state index contributed by atoms with van der Waals surface area (Å²) in [7, 11) is 0. The first kappa shape index (κ1) is 12.9. The Morgan fingerprint density at radius 1 is 1.09 bits per heavy atom. The fraction of sp³-hybridized carbons (Fsp3) is 0.579. The highest BCUT2D eigenvalue weighted by atomic mass is 16.4. The Morgan fingerprint density at radius 2 is 1.73 bits per heavy atom. The van der Waals surface area contributed by atoms with Crippen LogP contribution < -0.4 is 10.3 Å². The van der Waals surface area contributed by atoms with E-state index in [1.165, 1.54) is 38.5 Å². The van der Waals surface area contributed by atoms with Crippen LogP contribution in [-0.4, -0.2) is 0 Å². The Balaban J connectivity index is 1.71. The van der Waals surface area contributed by atoms with Crippen molar-refractivity contribution in [3.63, 3.8) is 0 Å². The SMILES string of the molecule is Cc1cccc2c[n+](C34CC5CC(CC(C5)C3)C4)c(=O)oc12. The summed E-state index contributed by atoms with van der Waals surface area (Å²) in [5.41, 5.74) is 1.81. The maximum atomic E-state index is 12.7. The summed E-state index contributed by atoms with van der Waals surface area (Å²) in [5, 5.41) is 1.05. The first-order valence-electron chi connectivity index (χ1n) is 8.59. The standard InChI is InChI=1S/C19H22NO2/c1-12-3-2-4-16-11-20(18(21)22-17(12)16)19-8-13-5-14(9-19)7-15(6-13)10-19/h2-4,11,13-15H,5-10H2,1H3/q+1. The minimum atomic E-state index is -0.163. The van der Waals surface area contributed by atoms with Crippen LogP contribution in [0.2, 0.25) is 0 Å². The van der Waals surface area contributed by atoms with Gasteiger partial charge in [0.05, 0.1) is 5.39 Å². The molecule has 4 saturated carbocycles. The summed E-state index contributed by atoms with van der Waals surface area (Å²) >= 11 is 0. The number of nitrogens with zero attached hydrogens (tertiary/aromatic N) is 1. The molecule has 0 unspecified atom stereocenters. The summed E-state index contributed by atoms with van der Waals surface area (Å²) in [6.45, 7) is 2.00. The van der Waals surface area contributed by atoms with Gasteiger partial charge in [-0.05, 0) is 55.6 Å². The highest BCUT2D eigenvalue weighted by Gasteiger charge is 2.57. The maximum absolute atomic E-state index is 12.7. The Labute approximate surface area is 130 Å². The summed E-state index contributed by atoms with van der Waals surface area (Å²) in [4.78, 5) is 12.7. The second-order valence-corrected chi connectivity index (χ2v) is 8.00. The number of aromatic nitrogens is 1. The normalized spacial score (nSPS) is 36.1. The number of fused-ring (bicyclic) bond motifs is 1. The minimum absolute atomic E-state index is 0.0350. The van der Waals surface area contributed by atoms with Gasteiger partial charge in [0.1, 0.15) is 0 Å². The molecule has 6 rings (SSSR count). The maximum Gasteiger partial charge on any atom is 0.602 e. The molecule has 0 spiro atoms. The van der Waals surface area contributed by atoms with Crippen molar-refractivity contribution in [3.05, 3.63) is 40.5 Å². The highest BCUT2D eigenvalue weighted by Crippen LogP contribution is 2.56. The van der Waals surface area contributed by atoms with E-state index >= 15 is 0 Å². The fourth-order valence-electron chi connectivity index (χ4n) is 5.94. The first-order valence-corrected chi connectivity index (χ1v) is 8.59. The van der Waals surface area contributed by atoms with E-state index in [-0.39, 0.29) is 11.3 Å². The summed E-state index contributed by atoms with van der Waals surface area (Å²) in [6, 6.07) is 6.10. The van der Waals surface area contributed by atoms with E-state index in [1.54, 1.807) is 0 Å². The quantitative estimate of drug-likeness (QED) is 0.757. The number of benzene rings is 1. The Kier molecular flexibility index (Phi) is 2.46. The molecule has 0 radical (unpaired) electrons. The zero-order valence-corrected chi connectivity index (χ0v) is 13.0. The van der Waals surface area contributed by atoms with Crippen LogP contribution in [0.25, 0.3) is 11.0 Å². The third-order valence-electron chi connectivity index (χ3n) is 6.41. The average molecular weight is 296 g/mol. The molecule has 0 aliphatic heterocycles. The molecule has 3 nitrogen and oxygen atoms in total. The van der Waals surface area contributed by atoms with Crippen molar-refractivity contribution in [2.24, 2.45) is 17.8 Å². The van der Waals surface area contributed by atoms with Crippen molar-refractivity contribution < 1.29 is 8.98 Å². The van der Waals surface area contributed by atoms with Crippen LogP contribution in [0.15, 0.2) is 33.6 Å². The zero-order chi connectivity index (χ0) is 14.9. The van der Waals surface area contributed by atoms with Crippen LogP contribution in [0, 0.1) is 24.7 Å². The molecule has 0 saturated heterocycles. The Hall–Kier alpha value is -1.64. The predicted molar refractivity (Wildman–Crippen MR) is 83.6 cm³/mol. The van der Waals surface area contributed by atoms with Crippen LogP contribution in [0.3, 0.4) is 0 Å². The fourth-order valence-corrected chi connectivity index (χ4v) is 5.94. The molecule has 114 valence electrons. The molecule has 4 bridgehead atoms. The second-order valence-electron chi connectivity index (χ2n) is 8.00. The molecule has 1 heterocycles. The molecule has 3 heteroatoms. The van der Waals surface area contributed by atoms with Gasteiger partial charge >= 0.3 is 5.76 Å². The predicted octanol–water partition coefficient (Wildman–Crippen LogP) is 3.31. The molecule has 2 aromatic rings. The van der Waals surface area contributed by atoms with E-state index in [4.69, 9.17) is 4.42 Å². The van der Waals surface area contributed by atoms with Gasteiger partial charge in [-0.3, -0.25) is 0 Å². The lowest BCUT2D eigenvalue weighted by Gasteiger charge is -2.52. The molecular weight excluding hydrogens is 274 g/mol. The molecule has 1 aromatic carbocycles. The van der Waals surface area contributed by atoms with Gasteiger partial charge in [-0.15, -0.1) is 4.57 Å². The molecule has 4 fully saturated rings. The van der Waals surface area contributed by atoms with Crippen LogP contribution in [0.4, 0.5) is 0 Å². The van der Waals surface area contributed by atoms with Crippen molar-refractivity contribution in [2.75, 3.05) is 0 Å². The topological polar surface area (TPSA) is 34.1 Å². The molecule has 0 atom stereocenters. The average Bonchev–Trinajstić information content (AvgIpc) is 2.46. The van der Waals surface area contributed by atoms with Crippen molar-refractivity contribution in [1.82, 2.24) is 0 Å². The van der Waals surface area contributed by atoms with E-state index in [0.29, 0.717) is 0 Å². The summed E-state index contributed by atoms with van der Waals surface area (Å²) in [6.07, 6.45) is 9.75. The molecule has 1 aromatic heterocycles. The van der Waals surface area contributed by atoms with Gasteiger partial charge in [0.2, 0.25) is 0 Å². The lowest BCUT2D eigenvalue weighted by atomic mass is 9.53. The number of rotatable bonds is 1. The van der Waals surface area contributed by atoms with Gasteiger partial charge in [-0.2, -0.15) is 4.79 Å². The largest absolute Gasteiger partial charge is 0.602 e. The Bertz CT molecular complexity index is 785. The first-order chi connectivity index (χ1) is 10.6. The van der Waals surface area contributed by atoms with E-state index in [2.05, 4.69) is 12.3 Å². The van der Waals surface area contributed by atoms with E-state index in [0.717, 1.165) is 34.3 Å². The van der Waals surface area contributed by atoms with Crippen LogP contribution in [0.5, 0.6) is 0 Å². The van der Waals surface area contributed by atoms with Gasteiger partial charge in [0, 0.05) is 19.3 Å². The van der Waals surface area contributed by atoms with E-state index < -0.39 is 0 Å². The van der Waals surface area contributed by atoms with Crippen molar-refractivity contribution in [1.29, 1.82) is 0 Å². The van der Waals surface area contributed by atoms with Crippen LogP contribution >= 0.6 is 0 Å².